The van der Waals surface area contributed by atoms with Gasteiger partial charge in [0.1, 0.15) is 5.75 Å². The highest BCUT2D eigenvalue weighted by Gasteiger charge is 2.28. The second-order valence-electron chi connectivity index (χ2n) is 5.35. The summed E-state index contributed by atoms with van der Waals surface area (Å²) in [4.78, 5) is 14.1. The fourth-order valence-corrected chi connectivity index (χ4v) is 2.77. The van der Waals surface area contributed by atoms with E-state index in [-0.39, 0.29) is 31.0 Å². The Morgan fingerprint density at radius 2 is 2.29 bits per heavy atom. The second-order valence-corrected chi connectivity index (χ2v) is 5.79. The van der Waals surface area contributed by atoms with Gasteiger partial charge in [0.15, 0.2) is 6.61 Å². The molecule has 1 aromatic rings. The zero-order valence-corrected chi connectivity index (χ0v) is 13.7. The first-order chi connectivity index (χ1) is 9.60. The molecule has 2 N–H and O–H groups in total. The summed E-state index contributed by atoms with van der Waals surface area (Å²) >= 11 is 5.88. The molecule has 2 rings (SSSR count). The lowest BCUT2D eigenvalue weighted by molar-refractivity contribution is -0.137. The van der Waals surface area contributed by atoms with Gasteiger partial charge >= 0.3 is 0 Å². The van der Waals surface area contributed by atoms with E-state index in [0.29, 0.717) is 23.2 Å². The van der Waals surface area contributed by atoms with Gasteiger partial charge in [-0.25, -0.2) is 0 Å². The number of hydrogen-bond acceptors (Lipinski definition) is 3. The van der Waals surface area contributed by atoms with Gasteiger partial charge in [0.2, 0.25) is 0 Å². The summed E-state index contributed by atoms with van der Waals surface area (Å²) in [5.74, 6) is 1.23. The van der Waals surface area contributed by atoms with Gasteiger partial charge in [-0.05, 0) is 37.0 Å². The molecule has 0 saturated carbocycles. The largest absolute Gasteiger partial charge is 0.484 e. The van der Waals surface area contributed by atoms with Crippen molar-refractivity contribution in [3.05, 3.63) is 29.3 Å². The molecule has 1 aromatic carbocycles. The number of amides is 1. The average molecular weight is 333 g/mol. The van der Waals surface area contributed by atoms with Gasteiger partial charge in [-0.1, -0.05) is 24.6 Å². The Morgan fingerprint density at radius 3 is 2.95 bits per heavy atom. The molecule has 118 valence electrons. The summed E-state index contributed by atoms with van der Waals surface area (Å²) in [6.07, 6.45) is 2.00. The molecule has 1 aliphatic rings. The number of nitrogens with zero attached hydrogens (tertiary/aromatic N) is 1. The van der Waals surface area contributed by atoms with Gasteiger partial charge in [0.05, 0.1) is 0 Å². The molecule has 4 nitrogen and oxygen atoms in total. The molecule has 6 heteroatoms. The van der Waals surface area contributed by atoms with Crippen molar-refractivity contribution in [2.75, 3.05) is 19.7 Å². The van der Waals surface area contributed by atoms with Crippen molar-refractivity contribution in [3.63, 3.8) is 0 Å². The van der Waals surface area contributed by atoms with Gasteiger partial charge in [-0.15, -0.1) is 12.4 Å². The zero-order valence-electron chi connectivity index (χ0n) is 12.1. The fraction of sp³-hybridized carbons (Fsp3) is 0.533. The monoisotopic (exact) mass is 332 g/mol. The first-order valence-electron chi connectivity index (χ1n) is 6.98. The molecule has 1 saturated heterocycles. The molecule has 0 aliphatic carbocycles. The number of halogens is 2. The summed E-state index contributed by atoms with van der Waals surface area (Å²) < 4.78 is 5.51. The Labute approximate surface area is 137 Å². The highest BCUT2D eigenvalue weighted by molar-refractivity contribution is 6.30. The Morgan fingerprint density at radius 1 is 1.52 bits per heavy atom. The van der Waals surface area contributed by atoms with E-state index in [1.807, 2.05) is 4.90 Å². The van der Waals surface area contributed by atoms with Crippen LogP contribution < -0.4 is 10.5 Å². The third-order valence-electron chi connectivity index (χ3n) is 3.73. The van der Waals surface area contributed by atoms with Crippen LogP contribution in [0.5, 0.6) is 5.75 Å². The van der Waals surface area contributed by atoms with Gasteiger partial charge in [-0.2, -0.15) is 0 Å². The first kappa shape index (κ1) is 18.1. The number of ether oxygens (including phenoxy) is 1. The Hall–Kier alpha value is -0.970. The van der Waals surface area contributed by atoms with E-state index >= 15 is 0 Å². The highest BCUT2D eigenvalue weighted by Crippen LogP contribution is 2.22. The highest BCUT2D eigenvalue weighted by atomic mass is 35.5. The molecule has 0 aromatic heterocycles. The molecule has 1 aliphatic heterocycles. The molecule has 1 amide bonds. The van der Waals surface area contributed by atoms with Crippen molar-refractivity contribution >= 4 is 29.9 Å². The number of piperidine rings is 1. The Bertz CT molecular complexity index is 471. The molecule has 2 unspecified atom stereocenters. The quantitative estimate of drug-likeness (QED) is 0.922. The van der Waals surface area contributed by atoms with E-state index in [4.69, 9.17) is 22.1 Å². The van der Waals surface area contributed by atoms with E-state index in [9.17, 15) is 4.79 Å². The van der Waals surface area contributed by atoms with E-state index < -0.39 is 0 Å². The molecular formula is C15H22Cl2N2O2. The van der Waals surface area contributed by atoms with Crippen molar-refractivity contribution in [3.8, 4) is 5.75 Å². The third kappa shape index (κ3) is 5.06. The molecule has 21 heavy (non-hydrogen) atoms. The normalized spacial score (nSPS) is 21.6. The molecule has 0 spiro atoms. The number of carbonyl (C=O) groups is 1. The predicted molar refractivity (Wildman–Crippen MR) is 87.1 cm³/mol. The van der Waals surface area contributed by atoms with Crippen LogP contribution in [0.15, 0.2) is 24.3 Å². The Kier molecular flexibility index (Phi) is 7.29. The average Bonchev–Trinajstić information content (AvgIpc) is 2.44. The van der Waals surface area contributed by atoms with Crippen LogP contribution in [0.4, 0.5) is 0 Å². The molecular weight excluding hydrogens is 311 g/mol. The van der Waals surface area contributed by atoms with Crippen LogP contribution >= 0.6 is 24.0 Å². The summed E-state index contributed by atoms with van der Waals surface area (Å²) in [6.45, 7) is 3.51. The number of benzene rings is 1. The smallest absolute Gasteiger partial charge is 0.260 e. The standard InChI is InChI=1S/C15H21ClN2O2.ClH/c1-11-5-6-18(13(7-11)9-17)15(19)10-20-14-4-2-3-12(16)8-14;/h2-4,8,11,13H,5-7,9-10,17H2,1H3;1H. The zero-order chi connectivity index (χ0) is 14.5. The van der Waals surface area contributed by atoms with Crippen molar-refractivity contribution in [1.29, 1.82) is 0 Å². The van der Waals surface area contributed by atoms with E-state index in [1.165, 1.54) is 0 Å². The van der Waals surface area contributed by atoms with E-state index in [0.717, 1.165) is 19.4 Å². The van der Waals surface area contributed by atoms with Crippen LogP contribution in [0, 0.1) is 5.92 Å². The minimum atomic E-state index is -0.00711. The first-order valence-corrected chi connectivity index (χ1v) is 7.36. The van der Waals surface area contributed by atoms with Gasteiger partial charge in [0, 0.05) is 24.2 Å². The van der Waals surface area contributed by atoms with Crippen molar-refractivity contribution < 1.29 is 9.53 Å². The van der Waals surface area contributed by atoms with Crippen LogP contribution in [0.3, 0.4) is 0 Å². The van der Waals surface area contributed by atoms with Crippen LogP contribution in [0.25, 0.3) is 0 Å². The molecule has 1 fully saturated rings. The van der Waals surface area contributed by atoms with Crippen molar-refractivity contribution in [2.45, 2.75) is 25.8 Å². The summed E-state index contributed by atoms with van der Waals surface area (Å²) in [5, 5.41) is 0.599. The lowest BCUT2D eigenvalue weighted by atomic mass is 9.92. The topological polar surface area (TPSA) is 55.6 Å². The molecule has 2 atom stereocenters. The lowest BCUT2D eigenvalue weighted by Crippen LogP contribution is -2.50. The van der Waals surface area contributed by atoms with E-state index in [2.05, 4.69) is 6.92 Å². The van der Waals surface area contributed by atoms with Crippen LogP contribution in [0.1, 0.15) is 19.8 Å². The summed E-state index contributed by atoms with van der Waals surface area (Å²) in [6, 6.07) is 7.19. The van der Waals surface area contributed by atoms with Crippen LogP contribution in [-0.2, 0) is 4.79 Å². The molecule has 0 radical (unpaired) electrons. The van der Waals surface area contributed by atoms with Gasteiger partial charge in [0.25, 0.3) is 5.91 Å². The van der Waals surface area contributed by atoms with Crippen LogP contribution in [0.2, 0.25) is 5.02 Å². The van der Waals surface area contributed by atoms with Crippen LogP contribution in [-0.4, -0.2) is 36.5 Å². The number of carbonyl (C=O) groups excluding carboxylic acids is 1. The number of hydrogen-bond donors (Lipinski definition) is 1. The molecule has 0 bridgehead atoms. The molecule has 1 heterocycles. The number of likely N-dealkylation sites (tertiary alicyclic amines) is 1. The van der Waals surface area contributed by atoms with Crippen molar-refractivity contribution in [2.24, 2.45) is 11.7 Å². The second kappa shape index (κ2) is 8.47. The minimum absolute atomic E-state index is 0. The maximum absolute atomic E-state index is 12.2. The van der Waals surface area contributed by atoms with Crippen molar-refractivity contribution in [1.82, 2.24) is 4.90 Å². The Balaban J connectivity index is 0.00000220. The lowest BCUT2D eigenvalue weighted by Gasteiger charge is -2.37. The number of rotatable bonds is 4. The van der Waals surface area contributed by atoms with E-state index in [1.54, 1.807) is 24.3 Å². The third-order valence-corrected chi connectivity index (χ3v) is 3.96. The fourth-order valence-electron chi connectivity index (χ4n) is 2.59. The van der Waals surface area contributed by atoms with Gasteiger partial charge < -0.3 is 15.4 Å². The summed E-state index contributed by atoms with van der Waals surface area (Å²) in [7, 11) is 0. The minimum Gasteiger partial charge on any atom is -0.484 e. The summed E-state index contributed by atoms with van der Waals surface area (Å²) in [5.41, 5.74) is 5.77. The SMILES string of the molecule is CC1CCN(C(=O)COc2cccc(Cl)c2)C(CN)C1.Cl. The predicted octanol–water partition coefficient (Wildman–Crippen LogP) is 2.73. The maximum atomic E-state index is 12.2. The van der Waals surface area contributed by atoms with Gasteiger partial charge in [-0.3, -0.25) is 4.79 Å². The maximum Gasteiger partial charge on any atom is 0.260 e. The number of nitrogens with two attached hydrogens (primary N) is 1.